The highest BCUT2D eigenvalue weighted by Crippen LogP contribution is 2.14. The van der Waals surface area contributed by atoms with Crippen molar-refractivity contribution in [2.24, 2.45) is 11.8 Å². The molecule has 0 saturated carbocycles. The molecule has 0 aromatic carbocycles. The Balaban J connectivity index is 0. The van der Waals surface area contributed by atoms with Gasteiger partial charge >= 0.3 is 0 Å². The second-order valence-electron chi connectivity index (χ2n) is 7.14. The fourth-order valence-corrected chi connectivity index (χ4v) is 3.69. The molecular formula is C20H38O3S6. The van der Waals surface area contributed by atoms with Crippen LogP contribution in [0.1, 0.15) is 66.7 Å². The largest absolute Gasteiger partial charge is 0.479 e. The Morgan fingerprint density at radius 3 is 1.55 bits per heavy atom. The van der Waals surface area contributed by atoms with Gasteiger partial charge in [-0.1, -0.05) is 83.6 Å². The number of hydrogen-bond donors (Lipinski definition) is 1. The number of hydrogen-bond acceptors (Lipinski definition) is 8. The number of unbranched alkanes of at least 4 members (excludes halogenated alkanes) is 3. The summed E-state index contributed by atoms with van der Waals surface area (Å²) in [6, 6.07) is 0. The van der Waals surface area contributed by atoms with Crippen LogP contribution in [-0.4, -0.2) is 44.5 Å². The van der Waals surface area contributed by atoms with E-state index in [1.807, 2.05) is 0 Å². The summed E-state index contributed by atoms with van der Waals surface area (Å²) >= 11 is 21.9. The Morgan fingerprint density at radius 2 is 1.21 bits per heavy atom. The quantitative estimate of drug-likeness (QED) is 0.152. The van der Waals surface area contributed by atoms with Crippen LogP contribution in [0.4, 0.5) is 0 Å². The van der Waals surface area contributed by atoms with Crippen molar-refractivity contribution < 1.29 is 14.2 Å². The molecule has 0 amide bonds. The molecule has 0 aromatic heterocycles. The van der Waals surface area contributed by atoms with Gasteiger partial charge in [-0.25, -0.2) is 0 Å². The maximum absolute atomic E-state index is 5.47. The number of ether oxygens (including phenoxy) is 3. The smallest absolute Gasteiger partial charge is 0.219 e. The highest BCUT2D eigenvalue weighted by Gasteiger charge is 2.03. The first kappa shape index (κ1) is 31.9. The predicted octanol–water partition coefficient (Wildman–Crippen LogP) is 7.56. The molecule has 0 aliphatic rings. The standard InChI is InChI=1S/C15H28O2S4.C5H10OS2/c1-12(2)10-16-14(18)20-8-6-5-7-9-21-15(19)17-11-13(3)4;1-2-3-4-6-5(7)8/h12-13H,5-11H2,1-4H3;2-4H2,1H3,(H,7,8). The van der Waals surface area contributed by atoms with E-state index in [4.69, 9.17) is 38.6 Å². The maximum atomic E-state index is 5.47. The third-order valence-corrected chi connectivity index (χ3v) is 5.90. The number of rotatable bonds is 13. The summed E-state index contributed by atoms with van der Waals surface area (Å²) in [5, 5.41) is 0. The van der Waals surface area contributed by atoms with Gasteiger partial charge in [-0.3, -0.25) is 0 Å². The first-order valence-electron chi connectivity index (χ1n) is 10.1. The van der Waals surface area contributed by atoms with E-state index < -0.39 is 0 Å². The molecule has 0 saturated heterocycles. The Labute approximate surface area is 208 Å². The van der Waals surface area contributed by atoms with Crippen molar-refractivity contribution in [1.29, 1.82) is 0 Å². The van der Waals surface area contributed by atoms with E-state index in [1.165, 1.54) is 6.42 Å². The van der Waals surface area contributed by atoms with E-state index >= 15 is 0 Å². The monoisotopic (exact) mass is 518 g/mol. The molecule has 0 aromatic rings. The zero-order valence-electron chi connectivity index (χ0n) is 18.4. The maximum Gasteiger partial charge on any atom is 0.219 e. The van der Waals surface area contributed by atoms with Gasteiger partial charge in [-0.15, -0.1) is 0 Å². The third-order valence-electron chi connectivity index (χ3n) is 3.02. The van der Waals surface area contributed by atoms with Crippen molar-refractivity contribution in [1.82, 2.24) is 0 Å². The van der Waals surface area contributed by atoms with Gasteiger partial charge in [0.1, 0.15) is 0 Å². The molecule has 0 heterocycles. The molecule has 0 unspecified atom stereocenters. The minimum absolute atomic E-state index is 0.346. The molecule has 0 aliphatic carbocycles. The Kier molecular flexibility index (Phi) is 25.7. The van der Waals surface area contributed by atoms with Gasteiger partial charge in [0.15, 0.2) is 0 Å². The molecule has 0 spiro atoms. The lowest BCUT2D eigenvalue weighted by Crippen LogP contribution is -2.06. The summed E-state index contributed by atoms with van der Waals surface area (Å²) in [7, 11) is 0. The topological polar surface area (TPSA) is 27.7 Å². The van der Waals surface area contributed by atoms with Crippen LogP contribution in [0, 0.1) is 11.8 Å². The zero-order chi connectivity index (χ0) is 22.5. The third kappa shape index (κ3) is 31.0. The van der Waals surface area contributed by atoms with Crippen LogP contribution in [-0.2, 0) is 14.2 Å². The second-order valence-corrected chi connectivity index (χ2v) is 11.6. The van der Waals surface area contributed by atoms with Crippen LogP contribution in [0.5, 0.6) is 0 Å². The first-order chi connectivity index (χ1) is 13.7. The lowest BCUT2D eigenvalue weighted by atomic mass is 10.2. The van der Waals surface area contributed by atoms with Gasteiger partial charge < -0.3 is 14.2 Å². The van der Waals surface area contributed by atoms with Crippen molar-refractivity contribution >= 4 is 86.0 Å². The molecule has 0 N–H and O–H groups in total. The molecule has 29 heavy (non-hydrogen) atoms. The van der Waals surface area contributed by atoms with Crippen molar-refractivity contribution in [3.63, 3.8) is 0 Å². The van der Waals surface area contributed by atoms with Crippen LogP contribution >= 0.6 is 72.8 Å². The molecule has 0 aliphatic heterocycles. The van der Waals surface area contributed by atoms with Crippen LogP contribution in [0.2, 0.25) is 0 Å². The van der Waals surface area contributed by atoms with E-state index in [1.54, 1.807) is 23.5 Å². The highest BCUT2D eigenvalue weighted by atomic mass is 32.2. The molecular weight excluding hydrogens is 481 g/mol. The second kappa shape index (κ2) is 23.4. The Morgan fingerprint density at radius 1 is 0.759 bits per heavy atom. The normalized spacial score (nSPS) is 10.3. The van der Waals surface area contributed by atoms with E-state index in [2.05, 4.69) is 59.5 Å². The van der Waals surface area contributed by atoms with E-state index in [9.17, 15) is 0 Å². The first-order valence-corrected chi connectivity index (χ1v) is 13.8. The van der Waals surface area contributed by atoms with Crippen LogP contribution in [0.25, 0.3) is 0 Å². The zero-order valence-corrected chi connectivity index (χ0v) is 23.4. The molecule has 0 atom stereocenters. The predicted molar refractivity (Wildman–Crippen MR) is 148 cm³/mol. The van der Waals surface area contributed by atoms with Crippen LogP contribution < -0.4 is 0 Å². The van der Waals surface area contributed by atoms with Crippen molar-refractivity contribution in [3.8, 4) is 0 Å². The highest BCUT2D eigenvalue weighted by molar-refractivity contribution is 8.22. The lowest BCUT2D eigenvalue weighted by molar-refractivity contribution is 0.273. The minimum atomic E-state index is 0.346. The SMILES string of the molecule is CC(C)COC(=S)SCCCCCSC(=S)OCC(C)C.CCCCOC(=S)S. The fourth-order valence-electron chi connectivity index (χ4n) is 1.55. The number of thiocarbonyl (C=S) groups is 3. The summed E-state index contributed by atoms with van der Waals surface area (Å²) < 4.78 is 17.5. The number of thioether (sulfide) groups is 2. The van der Waals surface area contributed by atoms with Crippen LogP contribution in [0.3, 0.4) is 0 Å². The summed E-state index contributed by atoms with van der Waals surface area (Å²) in [6.45, 7) is 12.7. The van der Waals surface area contributed by atoms with Gasteiger partial charge in [0.2, 0.25) is 13.1 Å². The summed E-state index contributed by atoms with van der Waals surface area (Å²) in [5.74, 6) is 3.14. The van der Waals surface area contributed by atoms with Crippen molar-refractivity contribution in [2.75, 3.05) is 31.3 Å². The van der Waals surface area contributed by atoms with E-state index in [0.717, 1.165) is 50.4 Å². The molecule has 3 nitrogen and oxygen atoms in total. The van der Waals surface area contributed by atoms with Crippen molar-refractivity contribution in [3.05, 3.63) is 0 Å². The van der Waals surface area contributed by atoms with Crippen LogP contribution in [0.15, 0.2) is 0 Å². The summed E-state index contributed by atoms with van der Waals surface area (Å²) in [4.78, 5) is 0. The number of thiol groups is 1. The molecule has 0 fully saturated rings. The van der Waals surface area contributed by atoms with Gasteiger partial charge in [0.25, 0.3) is 0 Å². The summed E-state index contributed by atoms with van der Waals surface area (Å²) in [6.07, 6.45) is 5.71. The van der Waals surface area contributed by atoms with Gasteiger partial charge in [-0.05, 0) is 67.8 Å². The van der Waals surface area contributed by atoms with Crippen molar-refractivity contribution in [2.45, 2.75) is 66.7 Å². The molecule has 9 heteroatoms. The van der Waals surface area contributed by atoms with E-state index in [-0.39, 0.29) is 0 Å². The molecule has 172 valence electrons. The molecule has 0 bridgehead atoms. The minimum Gasteiger partial charge on any atom is -0.479 e. The van der Waals surface area contributed by atoms with Gasteiger partial charge in [0.05, 0.1) is 19.8 Å². The molecule has 0 rings (SSSR count). The average Bonchev–Trinajstić information content (AvgIpc) is 2.64. The van der Waals surface area contributed by atoms with Gasteiger partial charge in [-0.2, -0.15) is 0 Å². The Hall–Kier alpha value is 0.720. The summed E-state index contributed by atoms with van der Waals surface area (Å²) in [5.41, 5.74) is 0. The van der Waals surface area contributed by atoms with E-state index in [0.29, 0.717) is 31.6 Å². The lowest BCUT2D eigenvalue weighted by Gasteiger charge is -2.09. The molecule has 0 radical (unpaired) electrons. The fraction of sp³-hybridized carbons (Fsp3) is 0.850. The Bertz CT molecular complexity index is 402. The average molecular weight is 519 g/mol. The van der Waals surface area contributed by atoms with Gasteiger partial charge in [0, 0.05) is 11.5 Å².